The van der Waals surface area contributed by atoms with E-state index in [0.717, 1.165) is 34.9 Å². The van der Waals surface area contributed by atoms with Crippen LogP contribution in [0.3, 0.4) is 0 Å². The second-order valence-electron chi connectivity index (χ2n) is 11.0. The number of hydrogen-bond acceptors (Lipinski definition) is 4. The number of carbonyl (C=O) groups is 2. The van der Waals surface area contributed by atoms with E-state index in [-0.39, 0.29) is 17.9 Å². The van der Waals surface area contributed by atoms with Gasteiger partial charge in [0, 0.05) is 42.7 Å². The maximum atomic E-state index is 14.0. The molecule has 0 spiro atoms. The summed E-state index contributed by atoms with van der Waals surface area (Å²) in [6.45, 7) is 6.31. The van der Waals surface area contributed by atoms with E-state index in [2.05, 4.69) is 45.2 Å². The third-order valence-corrected chi connectivity index (χ3v) is 8.21. The number of anilines is 1. The summed E-state index contributed by atoms with van der Waals surface area (Å²) in [4.78, 5) is 32.8. The van der Waals surface area contributed by atoms with E-state index < -0.39 is 6.04 Å². The molecule has 1 aliphatic heterocycles. The molecule has 3 aromatic carbocycles. The van der Waals surface area contributed by atoms with Crippen molar-refractivity contribution in [1.29, 1.82) is 0 Å². The molecule has 0 unspecified atom stereocenters. The number of H-pyrrole nitrogens is 1. The number of rotatable bonds is 10. The van der Waals surface area contributed by atoms with E-state index in [9.17, 15) is 9.59 Å². The van der Waals surface area contributed by atoms with E-state index in [1.165, 1.54) is 5.56 Å². The van der Waals surface area contributed by atoms with Crippen LogP contribution in [0.2, 0.25) is 0 Å². The normalized spacial score (nSPS) is 15.3. The summed E-state index contributed by atoms with van der Waals surface area (Å²) in [6, 6.07) is 23.2. The molecule has 4 aromatic rings. The van der Waals surface area contributed by atoms with Gasteiger partial charge in [-0.2, -0.15) is 0 Å². The summed E-state index contributed by atoms with van der Waals surface area (Å²) >= 11 is 0. The molecule has 5 rings (SSSR count). The Morgan fingerprint density at radius 3 is 2.50 bits per heavy atom. The lowest BCUT2D eigenvalue weighted by atomic mass is 9.89. The van der Waals surface area contributed by atoms with Crippen LogP contribution in [0.4, 0.5) is 10.5 Å². The molecule has 2 heterocycles. The summed E-state index contributed by atoms with van der Waals surface area (Å²) in [5, 5.41) is 10.4. The van der Waals surface area contributed by atoms with Gasteiger partial charge in [0.25, 0.3) is 0 Å². The van der Waals surface area contributed by atoms with Crippen LogP contribution < -0.4 is 20.7 Å². The Morgan fingerprint density at radius 2 is 1.76 bits per heavy atom. The van der Waals surface area contributed by atoms with E-state index in [4.69, 9.17) is 4.74 Å². The Bertz CT molecular complexity index is 1490. The molecular formula is C34H41N5O3. The van der Waals surface area contributed by atoms with Crippen molar-refractivity contribution >= 4 is 28.5 Å². The Labute approximate surface area is 247 Å². The molecule has 8 nitrogen and oxygen atoms in total. The first-order valence-electron chi connectivity index (χ1n) is 14.9. The topological polar surface area (TPSA) is 98.5 Å². The SMILES string of the molecule is CCOc1ccc(CNC)cc1NC(=O)[C@H](NC(=O)N1CCC(c2ccccc2)CC1)[C@H](C)c1c[nH]c2ccccc12. The van der Waals surface area contributed by atoms with Crippen LogP contribution in [0.1, 0.15) is 55.2 Å². The fourth-order valence-corrected chi connectivity index (χ4v) is 5.91. The molecule has 0 bridgehead atoms. The lowest BCUT2D eigenvalue weighted by Crippen LogP contribution is -2.53. The highest BCUT2D eigenvalue weighted by molar-refractivity contribution is 5.99. The molecule has 8 heteroatoms. The molecule has 3 amide bonds. The first-order valence-corrected chi connectivity index (χ1v) is 14.9. The molecule has 1 saturated heterocycles. The molecular weight excluding hydrogens is 526 g/mol. The van der Waals surface area contributed by atoms with Gasteiger partial charge in [-0.25, -0.2) is 4.79 Å². The van der Waals surface area contributed by atoms with E-state index in [1.807, 2.05) is 80.5 Å². The lowest BCUT2D eigenvalue weighted by molar-refractivity contribution is -0.118. The zero-order chi connectivity index (χ0) is 29.5. The number of aromatic amines is 1. The Kier molecular flexibility index (Phi) is 9.44. The average Bonchev–Trinajstić information content (AvgIpc) is 3.46. The number of urea groups is 1. The summed E-state index contributed by atoms with van der Waals surface area (Å²) in [5.74, 6) is 0.436. The quantitative estimate of drug-likeness (QED) is 0.189. The molecule has 1 aromatic heterocycles. The number of ether oxygens (including phenoxy) is 1. The lowest BCUT2D eigenvalue weighted by Gasteiger charge is -2.34. The van der Waals surface area contributed by atoms with Gasteiger partial charge in [-0.05, 0) is 67.6 Å². The standard InChI is InChI=1S/C34H41N5O3/c1-4-42-31-15-14-24(21-35-3)20-30(31)37-33(40)32(23(2)28-22-36-29-13-9-8-12-27(28)29)38-34(41)39-18-16-26(17-19-39)25-10-6-5-7-11-25/h5-15,20,22-23,26,32,35-36H,4,16-19,21H2,1-3H3,(H,37,40)(H,38,41)/t23-,32-/m1/s1. The van der Waals surface area contributed by atoms with Crippen LogP contribution in [-0.4, -0.2) is 54.6 Å². The van der Waals surface area contributed by atoms with Crippen molar-refractivity contribution in [3.05, 3.63) is 95.7 Å². The van der Waals surface area contributed by atoms with Gasteiger partial charge >= 0.3 is 6.03 Å². The molecule has 1 fully saturated rings. The van der Waals surface area contributed by atoms with Gasteiger partial charge in [0.05, 0.1) is 12.3 Å². The number of nitrogens with zero attached hydrogens (tertiary/aromatic N) is 1. The van der Waals surface area contributed by atoms with Crippen molar-refractivity contribution in [2.24, 2.45) is 0 Å². The minimum absolute atomic E-state index is 0.220. The van der Waals surface area contributed by atoms with Crippen molar-refractivity contribution in [1.82, 2.24) is 20.5 Å². The van der Waals surface area contributed by atoms with Gasteiger partial charge in [0.1, 0.15) is 11.8 Å². The number of para-hydroxylation sites is 1. The Balaban J connectivity index is 1.38. The van der Waals surface area contributed by atoms with Gasteiger partial charge in [-0.1, -0.05) is 61.5 Å². The Morgan fingerprint density at radius 1 is 1.02 bits per heavy atom. The fraction of sp³-hybridized carbons (Fsp3) is 0.353. The highest BCUT2D eigenvalue weighted by atomic mass is 16.5. The smallest absolute Gasteiger partial charge is 0.318 e. The zero-order valence-corrected chi connectivity index (χ0v) is 24.7. The molecule has 42 heavy (non-hydrogen) atoms. The number of aromatic nitrogens is 1. The third-order valence-electron chi connectivity index (χ3n) is 8.21. The highest BCUT2D eigenvalue weighted by Gasteiger charge is 2.33. The largest absolute Gasteiger partial charge is 0.492 e. The van der Waals surface area contributed by atoms with Gasteiger partial charge in [-0.3, -0.25) is 4.79 Å². The van der Waals surface area contributed by atoms with Crippen LogP contribution in [-0.2, 0) is 11.3 Å². The van der Waals surface area contributed by atoms with Gasteiger partial charge in [0.2, 0.25) is 5.91 Å². The number of hydrogen-bond donors (Lipinski definition) is 4. The molecule has 220 valence electrons. The van der Waals surface area contributed by atoms with E-state index >= 15 is 0 Å². The summed E-state index contributed by atoms with van der Waals surface area (Å²) in [7, 11) is 1.88. The van der Waals surface area contributed by atoms with Crippen LogP contribution in [0, 0.1) is 0 Å². The monoisotopic (exact) mass is 567 g/mol. The van der Waals surface area contributed by atoms with Crippen LogP contribution in [0.25, 0.3) is 10.9 Å². The first kappa shape index (κ1) is 29.2. The second-order valence-corrected chi connectivity index (χ2v) is 11.0. The van der Waals surface area contributed by atoms with Crippen molar-refractivity contribution in [3.8, 4) is 5.75 Å². The molecule has 0 aliphatic carbocycles. The van der Waals surface area contributed by atoms with Crippen LogP contribution >= 0.6 is 0 Å². The van der Waals surface area contributed by atoms with E-state index in [1.54, 1.807) is 0 Å². The third kappa shape index (κ3) is 6.60. The first-order chi connectivity index (χ1) is 20.5. The zero-order valence-electron chi connectivity index (χ0n) is 24.7. The van der Waals surface area contributed by atoms with Crippen LogP contribution in [0.5, 0.6) is 5.75 Å². The van der Waals surface area contributed by atoms with Crippen molar-refractivity contribution < 1.29 is 14.3 Å². The van der Waals surface area contributed by atoms with Crippen molar-refractivity contribution in [2.75, 3.05) is 32.1 Å². The maximum absolute atomic E-state index is 14.0. The number of carbonyl (C=O) groups excluding carboxylic acids is 2. The minimum atomic E-state index is -0.814. The van der Waals surface area contributed by atoms with Crippen LogP contribution in [0.15, 0.2) is 79.0 Å². The number of piperidine rings is 1. The predicted octanol–water partition coefficient (Wildman–Crippen LogP) is 5.99. The number of amides is 3. The van der Waals surface area contributed by atoms with Gasteiger partial charge in [0.15, 0.2) is 0 Å². The maximum Gasteiger partial charge on any atom is 0.318 e. The fourth-order valence-electron chi connectivity index (χ4n) is 5.91. The summed E-state index contributed by atoms with van der Waals surface area (Å²) in [5.41, 5.74) is 4.88. The number of likely N-dealkylation sites (tertiary alicyclic amines) is 1. The predicted molar refractivity (Wildman–Crippen MR) is 168 cm³/mol. The van der Waals surface area contributed by atoms with E-state index in [0.29, 0.717) is 43.6 Å². The Hall–Kier alpha value is -4.30. The van der Waals surface area contributed by atoms with Gasteiger partial charge in [-0.15, -0.1) is 0 Å². The van der Waals surface area contributed by atoms with Gasteiger partial charge < -0.3 is 30.6 Å². The minimum Gasteiger partial charge on any atom is -0.492 e. The number of fused-ring (bicyclic) bond motifs is 1. The number of nitrogens with one attached hydrogen (secondary N) is 4. The average molecular weight is 568 g/mol. The van der Waals surface area contributed by atoms with Crippen molar-refractivity contribution in [2.45, 2.75) is 51.1 Å². The highest BCUT2D eigenvalue weighted by Crippen LogP contribution is 2.32. The van der Waals surface area contributed by atoms with Crippen molar-refractivity contribution in [3.63, 3.8) is 0 Å². The summed E-state index contributed by atoms with van der Waals surface area (Å²) in [6.07, 6.45) is 3.72. The number of benzene rings is 3. The second kappa shape index (κ2) is 13.6. The summed E-state index contributed by atoms with van der Waals surface area (Å²) < 4.78 is 5.83. The molecule has 0 radical (unpaired) electrons. The molecule has 2 atom stereocenters. The molecule has 1 aliphatic rings. The molecule has 4 N–H and O–H groups in total. The molecule has 0 saturated carbocycles.